The summed E-state index contributed by atoms with van der Waals surface area (Å²) in [6.07, 6.45) is 85.7. The monoisotopic (exact) mass is 1110 g/mol. The Morgan fingerprint density at radius 3 is 0.722 bits per heavy atom. The van der Waals surface area contributed by atoms with E-state index in [1.807, 2.05) is 0 Å². The molecule has 6 nitrogen and oxygen atoms in total. The van der Waals surface area contributed by atoms with E-state index in [1.54, 1.807) is 0 Å². The van der Waals surface area contributed by atoms with Crippen LogP contribution in [0.4, 0.5) is 0 Å². The van der Waals surface area contributed by atoms with Crippen molar-refractivity contribution in [3.8, 4) is 0 Å². The summed E-state index contributed by atoms with van der Waals surface area (Å²) in [6, 6.07) is 0. The molecule has 0 saturated heterocycles. The van der Waals surface area contributed by atoms with Crippen LogP contribution in [-0.4, -0.2) is 37.2 Å². The Morgan fingerprint density at radius 2 is 0.456 bits per heavy atom. The van der Waals surface area contributed by atoms with Crippen molar-refractivity contribution in [3.63, 3.8) is 0 Å². The molecule has 0 N–H and O–H groups in total. The minimum Gasteiger partial charge on any atom is -0.462 e. The Bertz CT molecular complexity index is 1360. The van der Waals surface area contributed by atoms with Crippen molar-refractivity contribution >= 4 is 17.9 Å². The standard InChI is InChI=1S/C73H134O6/c1-4-7-10-13-16-19-22-25-28-29-30-31-32-33-34-35-36-37-38-39-40-41-42-43-46-48-51-54-57-60-63-66-72(75)78-69-70(79-73(76)67-64-61-58-55-52-49-45-27-24-21-18-15-12-9-6-3)68-77-71(74)65-62-59-56-53-50-47-44-26-23-20-17-14-11-8-5-2/h22,25,27,29-30,32-33,45,70H,4-21,23-24,26,28,31,34-44,46-69H2,1-3H3/b25-22-,30-29-,33-32-,45-27-. The molecule has 0 aliphatic heterocycles. The minimum atomic E-state index is -0.775. The van der Waals surface area contributed by atoms with E-state index in [4.69, 9.17) is 14.2 Å². The second-order valence-corrected chi connectivity index (χ2v) is 23.8. The third-order valence-corrected chi connectivity index (χ3v) is 15.8. The Kier molecular flexibility index (Phi) is 65.6. The second kappa shape index (κ2) is 67.9. The van der Waals surface area contributed by atoms with Crippen molar-refractivity contribution in [1.29, 1.82) is 0 Å². The molecule has 462 valence electrons. The Labute approximate surface area is 492 Å². The molecule has 0 aromatic carbocycles. The molecule has 0 radical (unpaired) electrons. The van der Waals surface area contributed by atoms with Crippen LogP contribution in [0.15, 0.2) is 48.6 Å². The number of unbranched alkanes of at least 4 members (excludes halogenated alkanes) is 46. The summed E-state index contributed by atoms with van der Waals surface area (Å²) in [4.78, 5) is 38.4. The van der Waals surface area contributed by atoms with Crippen LogP contribution in [0.25, 0.3) is 0 Å². The van der Waals surface area contributed by atoms with Gasteiger partial charge in [-0.25, -0.2) is 0 Å². The van der Waals surface area contributed by atoms with E-state index in [9.17, 15) is 14.4 Å². The molecule has 1 unspecified atom stereocenters. The number of carbonyl (C=O) groups is 3. The smallest absolute Gasteiger partial charge is 0.306 e. The fourth-order valence-electron chi connectivity index (χ4n) is 10.5. The fourth-order valence-corrected chi connectivity index (χ4v) is 10.5. The fraction of sp³-hybridized carbons (Fsp3) is 0.849. The van der Waals surface area contributed by atoms with Gasteiger partial charge in [-0.3, -0.25) is 14.4 Å². The van der Waals surface area contributed by atoms with Crippen molar-refractivity contribution in [2.45, 2.75) is 386 Å². The molecular weight excluding hydrogens is 973 g/mol. The number of ether oxygens (including phenoxy) is 3. The summed E-state index contributed by atoms with van der Waals surface area (Å²) in [6.45, 7) is 6.68. The van der Waals surface area contributed by atoms with Crippen molar-refractivity contribution in [3.05, 3.63) is 48.6 Å². The van der Waals surface area contributed by atoms with Gasteiger partial charge in [0.25, 0.3) is 0 Å². The molecule has 0 rings (SSSR count). The molecule has 0 aromatic rings. The lowest BCUT2D eigenvalue weighted by molar-refractivity contribution is -0.167. The SMILES string of the molecule is CCCCCCC/C=C\C/C=C\C/C=C\CCCCCCCCCCCCCCCCCCC(=O)OCC(COC(=O)CCCCCCCCCCCCCCCCC)OC(=O)CCCCCCC/C=C\CCCCCCCC. The highest BCUT2D eigenvalue weighted by atomic mass is 16.6. The number of hydrogen-bond acceptors (Lipinski definition) is 6. The van der Waals surface area contributed by atoms with Crippen molar-refractivity contribution < 1.29 is 28.6 Å². The molecule has 0 bridgehead atoms. The maximum atomic E-state index is 12.9. The Hall–Kier alpha value is -2.63. The molecule has 0 spiro atoms. The molecule has 6 heteroatoms. The first-order valence-corrected chi connectivity index (χ1v) is 35.1. The van der Waals surface area contributed by atoms with Crippen LogP contribution < -0.4 is 0 Å². The molecule has 0 aliphatic carbocycles. The van der Waals surface area contributed by atoms with E-state index in [0.717, 1.165) is 77.0 Å². The van der Waals surface area contributed by atoms with Crippen LogP contribution in [0.2, 0.25) is 0 Å². The second-order valence-electron chi connectivity index (χ2n) is 23.8. The summed E-state index contributed by atoms with van der Waals surface area (Å²) in [5.41, 5.74) is 0. The van der Waals surface area contributed by atoms with Gasteiger partial charge in [0.1, 0.15) is 13.2 Å². The molecular formula is C73H134O6. The first-order chi connectivity index (χ1) is 39.0. The van der Waals surface area contributed by atoms with Gasteiger partial charge in [0.15, 0.2) is 6.10 Å². The van der Waals surface area contributed by atoms with E-state index in [2.05, 4.69) is 69.4 Å². The highest BCUT2D eigenvalue weighted by molar-refractivity contribution is 5.71. The van der Waals surface area contributed by atoms with Crippen LogP contribution in [0.3, 0.4) is 0 Å². The number of esters is 3. The zero-order valence-corrected chi connectivity index (χ0v) is 53.2. The molecule has 0 fully saturated rings. The number of hydrogen-bond donors (Lipinski definition) is 0. The van der Waals surface area contributed by atoms with Crippen molar-refractivity contribution in [2.75, 3.05) is 13.2 Å². The first kappa shape index (κ1) is 76.4. The molecule has 0 aromatic heterocycles. The predicted octanol–water partition coefficient (Wildman–Crippen LogP) is 24.1. The summed E-state index contributed by atoms with van der Waals surface area (Å²) in [7, 11) is 0. The van der Waals surface area contributed by atoms with Gasteiger partial charge < -0.3 is 14.2 Å². The average molecular weight is 1110 g/mol. The zero-order valence-electron chi connectivity index (χ0n) is 53.2. The van der Waals surface area contributed by atoms with Gasteiger partial charge in [-0.1, -0.05) is 326 Å². The van der Waals surface area contributed by atoms with Crippen LogP contribution >= 0.6 is 0 Å². The van der Waals surface area contributed by atoms with Gasteiger partial charge in [-0.2, -0.15) is 0 Å². The normalized spacial score (nSPS) is 12.3. The van der Waals surface area contributed by atoms with E-state index >= 15 is 0 Å². The quantitative estimate of drug-likeness (QED) is 0.0261. The summed E-state index contributed by atoms with van der Waals surface area (Å²) in [5.74, 6) is -0.854. The van der Waals surface area contributed by atoms with Gasteiger partial charge >= 0.3 is 17.9 Å². The highest BCUT2D eigenvalue weighted by Gasteiger charge is 2.19. The zero-order chi connectivity index (χ0) is 57.1. The van der Waals surface area contributed by atoms with Crippen molar-refractivity contribution in [2.24, 2.45) is 0 Å². The largest absolute Gasteiger partial charge is 0.462 e. The van der Waals surface area contributed by atoms with Crippen molar-refractivity contribution in [1.82, 2.24) is 0 Å². The topological polar surface area (TPSA) is 78.9 Å². The van der Waals surface area contributed by atoms with Gasteiger partial charge in [0, 0.05) is 19.3 Å². The lowest BCUT2D eigenvalue weighted by Crippen LogP contribution is -2.30. The molecule has 79 heavy (non-hydrogen) atoms. The van der Waals surface area contributed by atoms with Gasteiger partial charge in [-0.05, 0) is 83.5 Å². The van der Waals surface area contributed by atoms with Crippen LogP contribution in [-0.2, 0) is 28.6 Å². The number of rotatable bonds is 65. The summed E-state index contributed by atoms with van der Waals surface area (Å²) < 4.78 is 17.0. The molecule has 0 heterocycles. The Morgan fingerprint density at radius 1 is 0.253 bits per heavy atom. The Balaban J connectivity index is 4.17. The predicted molar refractivity (Wildman–Crippen MR) is 344 cm³/mol. The van der Waals surface area contributed by atoms with E-state index in [-0.39, 0.29) is 31.1 Å². The van der Waals surface area contributed by atoms with Crippen LogP contribution in [0.5, 0.6) is 0 Å². The summed E-state index contributed by atoms with van der Waals surface area (Å²) >= 11 is 0. The lowest BCUT2D eigenvalue weighted by atomic mass is 10.0. The average Bonchev–Trinajstić information content (AvgIpc) is 3.45. The van der Waals surface area contributed by atoms with Crippen LogP contribution in [0.1, 0.15) is 380 Å². The lowest BCUT2D eigenvalue weighted by Gasteiger charge is -2.18. The maximum Gasteiger partial charge on any atom is 0.306 e. The third kappa shape index (κ3) is 66.1. The van der Waals surface area contributed by atoms with Gasteiger partial charge in [-0.15, -0.1) is 0 Å². The summed E-state index contributed by atoms with van der Waals surface area (Å²) in [5, 5.41) is 0. The first-order valence-electron chi connectivity index (χ1n) is 35.1. The third-order valence-electron chi connectivity index (χ3n) is 15.8. The van der Waals surface area contributed by atoms with E-state index < -0.39 is 6.10 Å². The number of allylic oxidation sites excluding steroid dienone is 8. The molecule has 0 saturated carbocycles. The highest BCUT2D eigenvalue weighted by Crippen LogP contribution is 2.18. The van der Waals surface area contributed by atoms with E-state index in [1.165, 1.54) is 263 Å². The van der Waals surface area contributed by atoms with Gasteiger partial charge in [0.2, 0.25) is 0 Å². The van der Waals surface area contributed by atoms with E-state index in [0.29, 0.717) is 19.3 Å². The number of carbonyl (C=O) groups excluding carboxylic acids is 3. The molecule has 0 aliphatic rings. The van der Waals surface area contributed by atoms with Crippen LogP contribution in [0, 0.1) is 0 Å². The minimum absolute atomic E-state index is 0.0709. The molecule has 1 atom stereocenters. The van der Waals surface area contributed by atoms with Gasteiger partial charge in [0.05, 0.1) is 0 Å². The maximum absolute atomic E-state index is 12.9. The molecule has 0 amide bonds.